The minimum atomic E-state index is -0.648. The second-order valence-electron chi connectivity index (χ2n) is 7.59. The lowest BCUT2D eigenvalue weighted by Crippen LogP contribution is -2.16. The molecule has 1 N–H and O–H groups in total. The maximum absolute atomic E-state index is 12.9. The van der Waals surface area contributed by atoms with Crippen molar-refractivity contribution in [3.63, 3.8) is 0 Å². The lowest BCUT2D eigenvalue weighted by Gasteiger charge is -2.10. The van der Waals surface area contributed by atoms with E-state index in [2.05, 4.69) is 5.32 Å². The molecule has 0 unspecified atom stereocenters. The van der Waals surface area contributed by atoms with Gasteiger partial charge in [0.05, 0.1) is 25.4 Å². The molecule has 0 bridgehead atoms. The second-order valence-corrected chi connectivity index (χ2v) is 8.62. The Kier molecular flexibility index (Phi) is 8.53. The second kappa shape index (κ2) is 11.6. The number of furan rings is 1. The summed E-state index contributed by atoms with van der Waals surface area (Å²) in [6, 6.07) is 10.3. The molecule has 2 heterocycles. The van der Waals surface area contributed by atoms with E-state index in [-0.39, 0.29) is 40.5 Å². The summed E-state index contributed by atoms with van der Waals surface area (Å²) in [5, 5.41) is 2.83. The molecule has 0 aliphatic rings. The van der Waals surface area contributed by atoms with Crippen LogP contribution in [0.5, 0.6) is 11.5 Å². The van der Waals surface area contributed by atoms with Gasteiger partial charge in [0.25, 0.3) is 5.91 Å². The van der Waals surface area contributed by atoms with Gasteiger partial charge in [-0.25, -0.2) is 9.59 Å². The quantitative estimate of drug-likeness (QED) is 0.376. The van der Waals surface area contributed by atoms with Crippen LogP contribution in [0.3, 0.4) is 0 Å². The van der Waals surface area contributed by atoms with E-state index in [0.29, 0.717) is 22.8 Å². The van der Waals surface area contributed by atoms with Crippen LogP contribution in [0.25, 0.3) is 0 Å². The summed E-state index contributed by atoms with van der Waals surface area (Å²) in [6.07, 6.45) is -0.382. The van der Waals surface area contributed by atoms with Gasteiger partial charge < -0.3 is 28.7 Å². The molecule has 3 aromatic rings. The highest BCUT2D eigenvalue weighted by Crippen LogP contribution is 2.35. The SMILES string of the molecule is CCOC(=O)c1sc(NC(=O)c2ccc(COc3ccccc3OC)o2)c(C(=O)OC(C)C)c1C. The Labute approximate surface area is 206 Å². The van der Waals surface area contributed by atoms with Crippen LogP contribution in [0.15, 0.2) is 40.8 Å². The Hall–Kier alpha value is -3.79. The molecule has 1 amide bonds. The molecule has 0 fully saturated rings. The molecule has 10 heteroatoms. The third-order valence-corrected chi connectivity index (χ3v) is 5.89. The first kappa shape index (κ1) is 25.8. The number of amides is 1. The van der Waals surface area contributed by atoms with E-state index in [1.807, 2.05) is 12.1 Å². The van der Waals surface area contributed by atoms with Gasteiger partial charge in [-0.2, -0.15) is 0 Å². The molecular weight excluding hydrogens is 474 g/mol. The van der Waals surface area contributed by atoms with E-state index in [0.717, 1.165) is 11.3 Å². The summed E-state index contributed by atoms with van der Waals surface area (Å²) in [7, 11) is 1.54. The van der Waals surface area contributed by atoms with Gasteiger partial charge in [0.15, 0.2) is 17.3 Å². The Morgan fingerprint density at radius 2 is 1.77 bits per heavy atom. The number of ether oxygens (including phenoxy) is 4. The predicted octanol–water partition coefficient (Wildman–Crippen LogP) is 5.23. The highest BCUT2D eigenvalue weighted by Gasteiger charge is 2.28. The first-order chi connectivity index (χ1) is 16.7. The topological polar surface area (TPSA) is 113 Å². The molecule has 0 saturated heterocycles. The van der Waals surface area contributed by atoms with Crippen molar-refractivity contribution in [2.45, 2.75) is 40.4 Å². The van der Waals surface area contributed by atoms with Crippen LogP contribution in [0, 0.1) is 6.92 Å². The summed E-state index contributed by atoms with van der Waals surface area (Å²) in [4.78, 5) is 38.2. The number of benzene rings is 1. The normalized spacial score (nSPS) is 10.7. The van der Waals surface area contributed by atoms with Gasteiger partial charge in [-0.1, -0.05) is 12.1 Å². The summed E-state index contributed by atoms with van der Waals surface area (Å²) in [5.41, 5.74) is 0.478. The van der Waals surface area contributed by atoms with Crippen molar-refractivity contribution in [2.24, 2.45) is 0 Å². The minimum absolute atomic E-state index is 0.00976. The van der Waals surface area contributed by atoms with E-state index in [9.17, 15) is 14.4 Å². The molecule has 186 valence electrons. The standard InChI is InChI=1S/C25H27NO8S/c1-6-31-25(29)21-15(4)20(24(28)33-14(2)3)23(35-21)26-22(27)19-12-11-16(34-19)13-32-18-10-8-7-9-17(18)30-5/h7-12,14H,6,13H2,1-5H3,(H,26,27). The molecule has 2 aromatic heterocycles. The molecule has 0 aliphatic heterocycles. The number of nitrogens with one attached hydrogen (secondary N) is 1. The average Bonchev–Trinajstić information content (AvgIpc) is 3.42. The van der Waals surface area contributed by atoms with Gasteiger partial charge in [0, 0.05) is 0 Å². The van der Waals surface area contributed by atoms with Gasteiger partial charge in [0.2, 0.25) is 0 Å². The fourth-order valence-corrected chi connectivity index (χ4v) is 4.22. The van der Waals surface area contributed by atoms with E-state index >= 15 is 0 Å². The summed E-state index contributed by atoms with van der Waals surface area (Å²) in [5.74, 6) is -0.295. The monoisotopic (exact) mass is 501 g/mol. The van der Waals surface area contributed by atoms with Crippen molar-refractivity contribution in [3.05, 3.63) is 63.9 Å². The van der Waals surface area contributed by atoms with Crippen molar-refractivity contribution < 1.29 is 37.7 Å². The minimum Gasteiger partial charge on any atom is -0.493 e. The Balaban J connectivity index is 1.79. The third kappa shape index (κ3) is 6.21. The Bertz CT molecular complexity index is 1210. The number of hydrogen-bond acceptors (Lipinski definition) is 9. The lowest BCUT2D eigenvalue weighted by molar-refractivity contribution is 0.0379. The van der Waals surface area contributed by atoms with Crippen molar-refractivity contribution in [1.29, 1.82) is 0 Å². The van der Waals surface area contributed by atoms with Crippen LogP contribution < -0.4 is 14.8 Å². The van der Waals surface area contributed by atoms with Crippen molar-refractivity contribution in [1.82, 2.24) is 0 Å². The van der Waals surface area contributed by atoms with Gasteiger partial charge in [0.1, 0.15) is 22.2 Å². The van der Waals surface area contributed by atoms with Crippen LogP contribution in [-0.4, -0.2) is 37.7 Å². The molecule has 0 radical (unpaired) electrons. The molecule has 0 saturated carbocycles. The Morgan fingerprint density at radius 1 is 1.06 bits per heavy atom. The molecule has 0 aliphatic carbocycles. The van der Waals surface area contributed by atoms with E-state index in [1.165, 1.54) is 6.07 Å². The smallest absolute Gasteiger partial charge is 0.348 e. The maximum atomic E-state index is 12.9. The number of esters is 2. The van der Waals surface area contributed by atoms with Crippen molar-refractivity contribution >= 4 is 34.2 Å². The average molecular weight is 502 g/mol. The largest absolute Gasteiger partial charge is 0.493 e. The highest BCUT2D eigenvalue weighted by molar-refractivity contribution is 7.18. The summed E-state index contributed by atoms with van der Waals surface area (Å²) >= 11 is 0.943. The molecule has 1 aromatic carbocycles. The molecule has 3 rings (SSSR count). The number of thiophene rings is 1. The number of para-hydroxylation sites is 2. The van der Waals surface area contributed by atoms with E-state index < -0.39 is 17.8 Å². The summed E-state index contributed by atoms with van der Waals surface area (Å²) in [6.45, 7) is 6.96. The molecule has 35 heavy (non-hydrogen) atoms. The third-order valence-electron chi connectivity index (χ3n) is 4.71. The highest BCUT2D eigenvalue weighted by atomic mass is 32.1. The van der Waals surface area contributed by atoms with Gasteiger partial charge in [-0.05, 0) is 57.5 Å². The van der Waals surface area contributed by atoms with Crippen LogP contribution in [0.2, 0.25) is 0 Å². The van der Waals surface area contributed by atoms with E-state index in [1.54, 1.807) is 53.0 Å². The van der Waals surface area contributed by atoms with Crippen LogP contribution in [0.4, 0.5) is 5.00 Å². The first-order valence-corrected chi connectivity index (χ1v) is 11.7. The summed E-state index contributed by atoms with van der Waals surface area (Å²) < 4.78 is 27.0. The number of methoxy groups -OCH3 is 1. The van der Waals surface area contributed by atoms with Crippen LogP contribution in [0.1, 0.15) is 62.7 Å². The zero-order valence-electron chi connectivity index (χ0n) is 20.1. The van der Waals surface area contributed by atoms with Crippen molar-refractivity contribution in [2.75, 3.05) is 19.0 Å². The predicted molar refractivity (Wildman–Crippen MR) is 130 cm³/mol. The zero-order chi connectivity index (χ0) is 25.5. The number of anilines is 1. The number of hydrogen-bond donors (Lipinski definition) is 1. The molecule has 0 spiro atoms. The van der Waals surface area contributed by atoms with Crippen molar-refractivity contribution in [3.8, 4) is 11.5 Å². The molecule has 9 nitrogen and oxygen atoms in total. The van der Waals surface area contributed by atoms with Gasteiger partial charge >= 0.3 is 11.9 Å². The number of rotatable bonds is 10. The van der Waals surface area contributed by atoms with E-state index in [4.69, 9.17) is 23.4 Å². The van der Waals surface area contributed by atoms with Crippen LogP contribution >= 0.6 is 11.3 Å². The Morgan fingerprint density at radius 3 is 2.43 bits per heavy atom. The number of carbonyl (C=O) groups excluding carboxylic acids is 3. The first-order valence-electron chi connectivity index (χ1n) is 10.9. The lowest BCUT2D eigenvalue weighted by atomic mass is 10.1. The fourth-order valence-electron chi connectivity index (χ4n) is 3.14. The fraction of sp³-hybridized carbons (Fsp3) is 0.320. The maximum Gasteiger partial charge on any atom is 0.348 e. The molecular formula is C25H27NO8S. The van der Waals surface area contributed by atoms with Gasteiger partial charge in [-0.15, -0.1) is 11.3 Å². The molecule has 0 atom stereocenters. The zero-order valence-corrected chi connectivity index (χ0v) is 20.9. The van der Waals surface area contributed by atoms with Gasteiger partial charge in [-0.3, -0.25) is 4.79 Å². The number of carbonyl (C=O) groups is 3. The van der Waals surface area contributed by atoms with Crippen LogP contribution in [-0.2, 0) is 16.1 Å².